The Morgan fingerprint density at radius 3 is 2.71 bits per heavy atom. The van der Waals surface area contributed by atoms with Crippen LogP contribution in [0.2, 0.25) is 0 Å². The van der Waals surface area contributed by atoms with Crippen molar-refractivity contribution in [1.29, 1.82) is 0 Å². The Morgan fingerprint density at radius 2 is 1.89 bits per heavy atom. The number of nitrogens with zero attached hydrogens (tertiary/aromatic N) is 4. The third-order valence-corrected chi connectivity index (χ3v) is 5.30. The van der Waals surface area contributed by atoms with Crippen molar-refractivity contribution in [2.45, 2.75) is 33.1 Å². The lowest BCUT2D eigenvalue weighted by molar-refractivity contribution is 0.00330. The van der Waals surface area contributed by atoms with Crippen molar-refractivity contribution in [2.75, 3.05) is 0 Å². The largest absolute Gasteiger partial charge is 0.365 e. The summed E-state index contributed by atoms with van der Waals surface area (Å²) in [6.07, 6.45) is 1.84. The van der Waals surface area contributed by atoms with E-state index in [4.69, 9.17) is 9.26 Å². The molecule has 6 heteroatoms. The number of imidazole rings is 1. The normalized spacial score (nSPS) is 16.1. The van der Waals surface area contributed by atoms with Crippen LogP contribution in [0.1, 0.15) is 28.5 Å². The van der Waals surface area contributed by atoms with Crippen molar-refractivity contribution in [3.05, 3.63) is 77.2 Å². The standard InChI is InChI=1S/C22H20N4O2/c1-14-8-9-17(10-15(14)2)21-24-22(28-25-21)20-18-12-27-19(11-26(18)13-23-20)16-6-4-3-5-7-16/h3-10,13,19H,11-12H2,1-2H3/t19-/m0/s1. The van der Waals surface area contributed by atoms with Gasteiger partial charge in [-0.3, -0.25) is 0 Å². The molecule has 0 aliphatic carbocycles. The maximum absolute atomic E-state index is 6.08. The molecular formula is C22H20N4O2. The molecule has 1 atom stereocenters. The second-order valence-electron chi connectivity index (χ2n) is 7.12. The SMILES string of the molecule is Cc1ccc(-c2noc(-c3ncn4c3CO[C@H](c3ccccc3)C4)n2)cc1C. The number of hydrogen-bond donors (Lipinski definition) is 0. The first-order chi connectivity index (χ1) is 13.7. The lowest BCUT2D eigenvalue weighted by atomic mass is 10.1. The molecule has 3 heterocycles. The number of fused-ring (bicyclic) bond motifs is 1. The fourth-order valence-electron chi connectivity index (χ4n) is 3.49. The molecule has 28 heavy (non-hydrogen) atoms. The van der Waals surface area contributed by atoms with Crippen LogP contribution in [-0.2, 0) is 17.9 Å². The molecule has 5 rings (SSSR count). The Kier molecular flexibility index (Phi) is 4.06. The highest BCUT2D eigenvalue weighted by Gasteiger charge is 2.26. The quantitative estimate of drug-likeness (QED) is 0.530. The van der Waals surface area contributed by atoms with Gasteiger partial charge in [-0.15, -0.1) is 0 Å². The van der Waals surface area contributed by atoms with Crippen molar-refractivity contribution >= 4 is 0 Å². The van der Waals surface area contributed by atoms with E-state index in [1.807, 2.05) is 30.6 Å². The van der Waals surface area contributed by atoms with Gasteiger partial charge in [0, 0.05) is 5.56 Å². The van der Waals surface area contributed by atoms with Crippen molar-refractivity contribution in [3.8, 4) is 23.0 Å². The summed E-state index contributed by atoms with van der Waals surface area (Å²) in [5.41, 5.74) is 6.19. The number of benzene rings is 2. The Balaban J connectivity index is 1.43. The molecule has 0 N–H and O–H groups in total. The topological polar surface area (TPSA) is 66.0 Å². The summed E-state index contributed by atoms with van der Waals surface area (Å²) in [4.78, 5) is 9.09. The zero-order valence-corrected chi connectivity index (χ0v) is 15.8. The molecule has 0 amide bonds. The Morgan fingerprint density at radius 1 is 1.04 bits per heavy atom. The van der Waals surface area contributed by atoms with Gasteiger partial charge in [0.15, 0.2) is 5.69 Å². The van der Waals surface area contributed by atoms with E-state index in [0.717, 1.165) is 11.3 Å². The fourth-order valence-corrected chi connectivity index (χ4v) is 3.49. The maximum atomic E-state index is 6.08. The first-order valence-corrected chi connectivity index (χ1v) is 9.31. The summed E-state index contributed by atoms with van der Waals surface area (Å²) < 4.78 is 13.7. The molecule has 4 aromatic rings. The summed E-state index contributed by atoms with van der Waals surface area (Å²) >= 11 is 0. The summed E-state index contributed by atoms with van der Waals surface area (Å²) in [5, 5.41) is 4.15. The van der Waals surface area contributed by atoms with Gasteiger partial charge >= 0.3 is 0 Å². The predicted octanol–water partition coefficient (Wildman–Crippen LogP) is 4.49. The summed E-state index contributed by atoms with van der Waals surface area (Å²) in [6.45, 7) is 5.33. The molecule has 0 saturated heterocycles. The molecule has 1 aliphatic heterocycles. The molecule has 0 unspecified atom stereocenters. The van der Waals surface area contributed by atoms with Crippen LogP contribution in [0.15, 0.2) is 59.4 Å². The first kappa shape index (κ1) is 16.9. The predicted molar refractivity (Wildman–Crippen MR) is 104 cm³/mol. The highest BCUT2D eigenvalue weighted by atomic mass is 16.5. The smallest absolute Gasteiger partial charge is 0.278 e. The van der Waals surface area contributed by atoms with Gasteiger partial charge < -0.3 is 13.8 Å². The minimum Gasteiger partial charge on any atom is -0.365 e. The van der Waals surface area contributed by atoms with E-state index in [-0.39, 0.29) is 6.10 Å². The number of rotatable bonds is 3. The van der Waals surface area contributed by atoms with Gasteiger partial charge in [0.05, 0.1) is 25.2 Å². The van der Waals surface area contributed by atoms with Crippen LogP contribution in [0.5, 0.6) is 0 Å². The molecule has 1 aliphatic rings. The van der Waals surface area contributed by atoms with Crippen molar-refractivity contribution in [2.24, 2.45) is 0 Å². The highest BCUT2D eigenvalue weighted by Crippen LogP contribution is 2.31. The minimum absolute atomic E-state index is 0.0181. The van der Waals surface area contributed by atoms with E-state index in [1.54, 1.807) is 0 Å². The number of ether oxygens (including phenoxy) is 1. The molecule has 2 aromatic carbocycles. The van der Waals surface area contributed by atoms with Crippen LogP contribution in [0.3, 0.4) is 0 Å². The van der Waals surface area contributed by atoms with Gasteiger partial charge in [-0.25, -0.2) is 4.98 Å². The van der Waals surface area contributed by atoms with Gasteiger partial charge in [0.25, 0.3) is 5.89 Å². The van der Waals surface area contributed by atoms with Gasteiger partial charge in [-0.2, -0.15) is 4.98 Å². The monoisotopic (exact) mass is 372 g/mol. The van der Waals surface area contributed by atoms with E-state index in [2.05, 4.69) is 57.8 Å². The molecule has 6 nitrogen and oxygen atoms in total. The molecule has 0 fully saturated rings. The molecule has 0 spiro atoms. The van der Waals surface area contributed by atoms with Crippen LogP contribution in [-0.4, -0.2) is 19.7 Å². The fraction of sp³-hybridized carbons (Fsp3) is 0.227. The van der Waals surface area contributed by atoms with Gasteiger partial charge in [-0.05, 0) is 36.6 Å². The summed E-state index contributed by atoms with van der Waals surface area (Å²) in [5.74, 6) is 0.988. The lowest BCUT2D eigenvalue weighted by Gasteiger charge is -2.25. The molecule has 0 bridgehead atoms. The van der Waals surface area contributed by atoms with Crippen LogP contribution >= 0.6 is 0 Å². The molecule has 0 saturated carbocycles. The number of aryl methyl sites for hydroxylation is 2. The Labute approximate surface area is 162 Å². The van der Waals surface area contributed by atoms with Crippen molar-refractivity contribution in [1.82, 2.24) is 19.7 Å². The molecular weight excluding hydrogens is 352 g/mol. The van der Waals surface area contributed by atoms with Crippen LogP contribution in [0, 0.1) is 13.8 Å². The van der Waals surface area contributed by atoms with Crippen molar-refractivity contribution < 1.29 is 9.26 Å². The van der Waals surface area contributed by atoms with E-state index < -0.39 is 0 Å². The number of aromatic nitrogens is 4. The third kappa shape index (κ3) is 2.92. The van der Waals surface area contributed by atoms with E-state index in [0.29, 0.717) is 30.6 Å². The second-order valence-corrected chi connectivity index (χ2v) is 7.12. The van der Waals surface area contributed by atoms with Gasteiger partial charge in [-0.1, -0.05) is 47.6 Å². The van der Waals surface area contributed by atoms with Crippen LogP contribution in [0.4, 0.5) is 0 Å². The van der Waals surface area contributed by atoms with Crippen molar-refractivity contribution in [3.63, 3.8) is 0 Å². The van der Waals surface area contributed by atoms with Gasteiger partial charge in [0.2, 0.25) is 5.82 Å². The lowest BCUT2D eigenvalue weighted by Crippen LogP contribution is -2.20. The summed E-state index contributed by atoms with van der Waals surface area (Å²) in [6, 6.07) is 16.4. The van der Waals surface area contributed by atoms with E-state index in [1.165, 1.54) is 16.7 Å². The molecule has 0 radical (unpaired) electrons. The van der Waals surface area contributed by atoms with Crippen LogP contribution in [0.25, 0.3) is 23.0 Å². The Bertz CT molecular complexity index is 1130. The van der Waals surface area contributed by atoms with Gasteiger partial charge in [0.1, 0.15) is 6.10 Å². The average Bonchev–Trinajstić information content (AvgIpc) is 3.37. The molecule has 140 valence electrons. The maximum Gasteiger partial charge on any atom is 0.278 e. The zero-order chi connectivity index (χ0) is 19.1. The Hall–Kier alpha value is -3.25. The zero-order valence-electron chi connectivity index (χ0n) is 15.8. The van der Waals surface area contributed by atoms with Crippen LogP contribution < -0.4 is 0 Å². The average molecular weight is 372 g/mol. The molecule has 2 aromatic heterocycles. The first-order valence-electron chi connectivity index (χ1n) is 9.31. The highest BCUT2D eigenvalue weighted by molar-refractivity contribution is 5.60. The number of hydrogen-bond acceptors (Lipinski definition) is 5. The van der Waals surface area contributed by atoms with E-state index >= 15 is 0 Å². The van der Waals surface area contributed by atoms with E-state index in [9.17, 15) is 0 Å². The second kappa shape index (κ2) is 6.73. The minimum atomic E-state index is 0.0181. The summed E-state index contributed by atoms with van der Waals surface area (Å²) in [7, 11) is 0. The third-order valence-electron chi connectivity index (χ3n) is 5.30.